The summed E-state index contributed by atoms with van der Waals surface area (Å²) in [7, 11) is 0. The van der Waals surface area contributed by atoms with E-state index in [2.05, 4.69) is 10.3 Å². The Bertz CT molecular complexity index is 501. The van der Waals surface area contributed by atoms with Gasteiger partial charge in [0.05, 0.1) is 12.3 Å². The van der Waals surface area contributed by atoms with E-state index in [1.807, 2.05) is 24.3 Å². The van der Waals surface area contributed by atoms with Crippen molar-refractivity contribution in [1.29, 1.82) is 0 Å². The largest absolute Gasteiger partial charge is 0.369 e. The first-order chi connectivity index (χ1) is 10.1. The molecule has 1 aromatic rings. The molecule has 1 heterocycles. The van der Waals surface area contributed by atoms with Crippen molar-refractivity contribution in [2.24, 2.45) is 17.5 Å². The first kappa shape index (κ1) is 15.5. The Labute approximate surface area is 124 Å². The molecule has 0 radical (unpaired) electrons. The van der Waals surface area contributed by atoms with Gasteiger partial charge in [0.1, 0.15) is 0 Å². The van der Waals surface area contributed by atoms with Crippen molar-refractivity contribution in [3.8, 4) is 0 Å². The number of nitrogens with two attached hydrogens (primary N) is 2. The smallest absolute Gasteiger partial charge is 0.238 e. The van der Waals surface area contributed by atoms with E-state index in [9.17, 15) is 9.59 Å². The van der Waals surface area contributed by atoms with Crippen molar-refractivity contribution < 1.29 is 9.59 Å². The second kappa shape index (κ2) is 7.19. The average Bonchev–Trinajstić information content (AvgIpc) is 2.49. The molecular formula is C15H22N4O2. The number of primary amides is 1. The lowest BCUT2D eigenvalue weighted by atomic mass is 9.97. The van der Waals surface area contributed by atoms with Gasteiger partial charge in [0.25, 0.3) is 0 Å². The summed E-state index contributed by atoms with van der Waals surface area (Å²) in [6.45, 7) is 2.51. The summed E-state index contributed by atoms with van der Waals surface area (Å²) in [5, 5.41) is 0. The Morgan fingerprint density at radius 1 is 1.24 bits per heavy atom. The molecule has 1 unspecified atom stereocenters. The lowest BCUT2D eigenvalue weighted by molar-refractivity contribution is -0.123. The molecule has 1 aliphatic heterocycles. The second-order valence-electron chi connectivity index (χ2n) is 5.54. The predicted molar refractivity (Wildman–Crippen MR) is 79.7 cm³/mol. The monoisotopic (exact) mass is 290 g/mol. The highest BCUT2D eigenvalue weighted by molar-refractivity contribution is 5.78. The highest BCUT2D eigenvalue weighted by Gasteiger charge is 2.23. The fraction of sp³-hybridized carbons (Fsp3) is 0.467. The van der Waals surface area contributed by atoms with E-state index < -0.39 is 0 Å². The van der Waals surface area contributed by atoms with E-state index >= 15 is 0 Å². The molecule has 1 saturated heterocycles. The zero-order valence-electron chi connectivity index (χ0n) is 12.0. The molecule has 5 N–H and O–H groups in total. The predicted octanol–water partition coefficient (Wildman–Crippen LogP) is -0.0837. The SMILES string of the molecule is NNC(=O)Cc1ccc(CN2CCCC(C(N)=O)C2)cc1. The van der Waals surface area contributed by atoms with Gasteiger partial charge in [0.15, 0.2) is 0 Å². The molecule has 0 aromatic heterocycles. The molecular weight excluding hydrogens is 268 g/mol. The van der Waals surface area contributed by atoms with E-state index in [0.29, 0.717) is 0 Å². The van der Waals surface area contributed by atoms with Crippen LogP contribution in [0, 0.1) is 5.92 Å². The van der Waals surface area contributed by atoms with Gasteiger partial charge in [-0.2, -0.15) is 0 Å². The highest BCUT2D eigenvalue weighted by atomic mass is 16.2. The van der Waals surface area contributed by atoms with Crippen LogP contribution in [0.25, 0.3) is 0 Å². The lowest BCUT2D eigenvalue weighted by Crippen LogP contribution is -2.40. The summed E-state index contributed by atoms with van der Waals surface area (Å²) in [5.74, 6) is 4.62. The van der Waals surface area contributed by atoms with Crippen LogP contribution < -0.4 is 17.0 Å². The fourth-order valence-electron chi connectivity index (χ4n) is 2.69. The quantitative estimate of drug-likeness (QED) is 0.401. The number of benzene rings is 1. The number of hydrogen-bond acceptors (Lipinski definition) is 4. The van der Waals surface area contributed by atoms with Crippen LogP contribution in [0.1, 0.15) is 24.0 Å². The Kier molecular flexibility index (Phi) is 5.30. The molecule has 1 aromatic carbocycles. The molecule has 1 atom stereocenters. The van der Waals surface area contributed by atoms with Gasteiger partial charge >= 0.3 is 0 Å². The number of carbonyl (C=O) groups excluding carboxylic acids is 2. The minimum Gasteiger partial charge on any atom is -0.369 e. The van der Waals surface area contributed by atoms with Crippen LogP contribution in [0.4, 0.5) is 0 Å². The van der Waals surface area contributed by atoms with E-state index in [1.165, 1.54) is 0 Å². The van der Waals surface area contributed by atoms with Gasteiger partial charge in [-0.3, -0.25) is 19.9 Å². The third-order valence-corrected chi connectivity index (χ3v) is 3.86. The van der Waals surface area contributed by atoms with Crippen LogP contribution >= 0.6 is 0 Å². The number of likely N-dealkylation sites (tertiary alicyclic amines) is 1. The molecule has 0 aliphatic carbocycles. The zero-order chi connectivity index (χ0) is 15.2. The number of piperidine rings is 1. The van der Waals surface area contributed by atoms with Gasteiger partial charge < -0.3 is 5.73 Å². The van der Waals surface area contributed by atoms with Crippen LogP contribution in [-0.2, 0) is 22.6 Å². The Balaban J connectivity index is 1.91. The van der Waals surface area contributed by atoms with Gasteiger partial charge in [0, 0.05) is 13.1 Å². The molecule has 0 bridgehead atoms. The van der Waals surface area contributed by atoms with Crippen molar-refractivity contribution in [3.05, 3.63) is 35.4 Å². The lowest BCUT2D eigenvalue weighted by Gasteiger charge is -2.31. The third-order valence-electron chi connectivity index (χ3n) is 3.86. The van der Waals surface area contributed by atoms with E-state index in [-0.39, 0.29) is 24.2 Å². The average molecular weight is 290 g/mol. The Hall–Kier alpha value is -1.92. The number of hydrogen-bond donors (Lipinski definition) is 3. The summed E-state index contributed by atoms with van der Waals surface area (Å²) >= 11 is 0. The maximum absolute atomic E-state index is 11.3. The summed E-state index contributed by atoms with van der Waals surface area (Å²) in [4.78, 5) is 24.7. The minimum atomic E-state index is -0.206. The van der Waals surface area contributed by atoms with Crippen molar-refractivity contribution in [3.63, 3.8) is 0 Å². The molecule has 21 heavy (non-hydrogen) atoms. The van der Waals surface area contributed by atoms with Crippen LogP contribution in [0.2, 0.25) is 0 Å². The van der Waals surface area contributed by atoms with Crippen LogP contribution in [-0.4, -0.2) is 29.8 Å². The summed E-state index contributed by atoms with van der Waals surface area (Å²) in [5.41, 5.74) is 9.60. The van der Waals surface area contributed by atoms with Crippen LogP contribution in [0.15, 0.2) is 24.3 Å². The number of nitrogens with one attached hydrogen (secondary N) is 1. The number of nitrogens with zero attached hydrogens (tertiary/aromatic N) is 1. The summed E-state index contributed by atoms with van der Waals surface area (Å²) in [6.07, 6.45) is 2.17. The van der Waals surface area contributed by atoms with Crippen molar-refractivity contribution in [1.82, 2.24) is 10.3 Å². The number of rotatable bonds is 5. The van der Waals surface area contributed by atoms with Crippen molar-refractivity contribution >= 4 is 11.8 Å². The van der Waals surface area contributed by atoms with E-state index in [1.54, 1.807) is 0 Å². The van der Waals surface area contributed by atoms with Gasteiger partial charge in [-0.05, 0) is 30.5 Å². The number of amides is 2. The molecule has 114 valence electrons. The normalized spacial score (nSPS) is 19.2. The second-order valence-corrected chi connectivity index (χ2v) is 5.54. The summed E-state index contributed by atoms with van der Waals surface area (Å²) < 4.78 is 0. The molecule has 6 nitrogen and oxygen atoms in total. The standard InChI is InChI=1S/C15H22N4O2/c16-15(21)13-2-1-7-19(10-13)9-12-5-3-11(4-6-12)8-14(20)18-17/h3-6,13H,1-2,7-10,17H2,(H2,16,21)(H,18,20). The minimum absolute atomic E-state index is 0.0359. The number of hydrazine groups is 1. The first-order valence-electron chi connectivity index (χ1n) is 7.17. The Morgan fingerprint density at radius 2 is 1.90 bits per heavy atom. The first-order valence-corrected chi connectivity index (χ1v) is 7.17. The molecule has 1 aliphatic rings. The third kappa shape index (κ3) is 4.54. The molecule has 1 fully saturated rings. The maximum atomic E-state index is 11.3. The number of carbonyl (C=O) groups is 2. The molecule has 2 rings (SSSR count). The summed E-state index contributed by atoms with van der Waals surface area (Å²) in [6, 6.07) is 7.88. The van der Waals surface area contributed by atoms with Crippen LogP contribution in [0.5, 0.6) is 0 Å². The maximum Gasteiger partial charge on any atom is 0.238 e. The van der Waals surface area contributed by atoms with E-state index in [4.69, 9.17) is 11.6 Å². The molecule has 0 saturated carbocycles. The van der Waals surface area contributed by atoms with Crippen molar-refractivity contribution in [2.45, 2.75) is 25.8 Å². The van der Waals surface area contributed by atoms with Gasteiger partial charge in [-0.15, -0.1) is 0 Å². The molecule has 6 heteroatoms. The van der Waals surface area contributed by atoms with Gasteiger partial charge in [-0.25, -0.2) is 5.84 Å². The van der Waals surface area contributed by atoms with Gasteiger partial charge in [0.2, 0.25) is 11.8 Å². The topological polar surface area (TPSA) is 101 Å². The van der Waals surface area contributed by atoms with Gasteiger partial charge in [-0.1, -0.05) is 24.3 Å². The van der Waals surface area contributed by atoms with Crippen molar-refractivity contribution in [2.75, 3.05) is 13.1 Å². The van der Waals surface area contributed by atoms with Crippen LogP contribution in [0.3, 0.4) is 0 Å². The highest BCUT2D eigenvalue weighted by Crippen LogP contribution is 2.18. The zero-order valence-corrected chi connectivity index (χ0v) is 12.0. The molecule has 2 amide bonds. The fourth-order valence-corrected chi connectivity index (χ4v) is 2.69. The van der Waals surface area contributed by atoms with E-state index in [0.717, 1.165) is 43.6 Å². The molecule has 0 spiro atoms. The Morgan fingerprint density at radius 3 is 2.52 bits per heavy atom.